The van der Waals surface area contributed by atoms with Crippen molar-refractivity contribution < 1.29 is 141 Å². The van der Waals surface area contributed by atoms with E-state index in [4.69, 9.17) is 0 Å². The van der Waals surface area contributed by atoms with Crippen LogP contribution in [0.1, 0.15) is 0 Å². The Balaban J connectivity index is 0.000000756. The molecule has 0 spiro atoms. The largest absolute Gasteiger partial charge is 3.00 e. The Morgan fingerprint density at radius 1 is 0.211 bits per heavy atom. The Hall–Kier alpha value is -12.4. The van der Waals surface area contributed by atoms with E-state index in [-0.39, 0.29) is 245 Å². The monoisotopic (exact) mass is 3020 g/mol. The second-order valence-electron chi connectivity index (χ2n) is 25.0. The van der Waals surface area contributed by atoms with Crippen molar-refractivity contribution in [2.24, 2.45) is 0 Å². The van der Waals surface area contributed by atoms with Gasteiger partial charge in [-0.3, -0.25) is 23.9 Å². The van der Waals surface area contributed by atoms with Crippen LogP contribution in [0, 0.1) is 146 Å². The number of imidazole rings is 5. The fourth-order valence-corrected chi connectivity index (χ4v) is 14.3. The van der Waals surface area contributed by atoms with E-state index < -0.39 is 0 Å². The molecule has 0 aliphatic carbocycles. The Bertz CT molecular complexity index is 6620. The van der Waals surface area contributed by atoms with Crippen LogP contribution >= 0.6 is 0 Å². The average molecular weight is 3010 g/mol. The topological polar surface area (TPSA) is 320 Å². The molecular weight excluding hydrogens is 2930 g/mol. The van der Waals surface area contributed by atoms with Gasteiger partial charge >= 0.3 is 141 Å². The maximum absolute atomic E-state index is 4.35. The number of hydrogen-bond donors (Lipinski definition) is 0. The number of nitrogens with zero attached hydrogens (tertiary/aromatic N) is 34. The van der Waals surface area contributed by atoms with E-state index in [1.165, 1.54) is 6.33 Å². The van der Waals surface area contributed by atoms with Crippen molar-refractivity contribution in [1.29, 1.82) is 0 Å². The zero-order valence-electron chi connectivity index (χ0n) is 73.9. The average Bonchev–Trinajstić information content (AvgIpc) is 1.66. The minimum Gasteiger partial charge on any atom is -0.358 e. The van der Waals surface area contributed by atoms with E-state index >= 15 is 0 Å². The molecule has 28 aromatic rings. The Morgan fingerprint density at radius 3 is 1.03 bits per heavy atom. The normalized spacial score (nSPS) is 9.89. The molecule has 0 amide bonds. The second-order valence-corrected chi connectivity index (χ2v) is 25.0. The van der Waals surface area contributed by atoms with Gasteiger partial charge in [-0.2, -0.15) is 30.6 Å². The van der Waals surface area contributed by atoms with Crippen LogP contribution in [0.15, 0.2) is 264 Å². The summed E-state index contributed by atoms with van der Waals surface area (Å²) in [5.41, 5.74) is 16.0. The standard InChI is InChI=1S/2C12H7N4.4C11H6N5.C10H5N6.14CH3.7Ir/c1-2-5-10-9(4-1)12-14-13-8-16(12)11-6-3-7-15(10)11;1-2-4-10-9(3-1)11-13-5-8-16(11)12-14-6-7-15(10)12;1-2-4-9-8(3-1)11-14-13-7-16(11)10-5-12-6-15(9)10;1-2-4-9-8(3-1)10-13-7-14-16(10)11-12-5-6-15(9)11;1-2-4-9-8(3-1)10-12-5-6-15(10)11-14-13-7-16(9)11;1-2-4-9-8(3-1)11-14-12-7-15(11)10-5-6-13-16(9)10;1-2-4-8-7(3-1)9-13-11-6-16(9)10-14-12-5-15(8)10;;;;;;;;;;;;;;;;;;;;;/h1-3,5-8H;1-2,4-8H;4*1-2,4-7H;1-2,4-6H;14*1H3;;;;;;;/q21*-1;7*+3. The van der Waals surface area contributed by atoms with E-state index in [0.29, 0.717) is 5.78 Å². The molecule has 21 aromatic heterocycles. The fourth-order valence-electron chi connectivity index (χ4n) is 14.3. The van der Waals surface area contributed by atoms with Crippen molar-refractivity contribution in [1.82, 2.24) is 163 Å². The molecule has 0 N–H and O–H groups in total. The molecule has 0 unspecified atom stereocenters. The molecule has 133 heavy (non-hydrogen) atoms. The molecule has 34 nitrogen and oxygen atoms in total. The van der Waals surface area contributed by atoms with E-state index in [1.807, 2.05) is 213 Å². The van der Waals surface area contributed by atoms with Crippen molar-refractivity contribution in [2.45, 2.75) is 0 Å². The molecule has 41 heteroatoms. The minimum atomic E-state index is 0. The smallest absolute Gasteiger partial charge is 0.358 e. The van der Waals surface area contributed by atoms with Crippen LogP contribution in [-0.4, -0.2) is 163 Å². The zero-order chi connectivity index (χ0) is 73.7. The summed E-state index contributed by atoms with van der Waals surface area (Å²) in [6, 6.07) is 69.3. The predicted octanol–water partition coefficient (Wildman–Crippen LogP) is 16.2. The first kappa shape index (κ1) is 119. The summed E-state index contributed by atoms with van der Waals surface area (Å²) < 4.78 is 27.0. The predicted molar refractivity (Wildman–Crippen MR) is 499 cm³/mol. The summed E-state index contributed by atoms with van der Waals surface area (Å²) in [4.78, 5) is 25.7. The van der Waals surface area contributed by atoms with Crippen molar-refractivity contribution >= 4 is 156 Å². The van der Waals surface area contributed by atoms with Gasteiger partial charge < -0.3 is 152 Å². The van der Waals surface area contributed by atoms with Crippen molar-refractivity contribution in [3.8, 4) is 0 Å². The molecule has 0 saturated carbocycles. The molecule has 21 heterocycles. The number of rotatable bonds is 0. The van der Waals surface area contributed by atoms with Gasteiger partial charge in [-0.25, -0.2) is 19.5 Å². The van der Waals surface area contributed by atoms with E-state index in [2.05, 4.69) is 160 Å². The quantitative estimate of drug-likeness (QED) is 0.127. The van der Waals surface area contributed by atoms with Gasteiger partial charge in [0, 0.05) is 55.8 Å². The fraction of sp³-hybridized carbons (Fsp3) is 0. The summed E-state index contributed by atoms with van der Waals surface area (Å²) in [7, 11) is 0. The molecule has 7 aromatic carbocycles. The van der Waals surface area contributed by atoms with Crippen molar-refractivity contribution in [2.75, 3.05) is 0 Å². The number of hydrogen-bond acceptors (Lipinski definition) is 20. The molecule has 0 aliphatic rings. The summed E-state index contributed by atoms with van der Waals surface area (Å²) in [5.74, 6) is 3.10. The van der Waals surface area contributed by atoms with Crippen LogP contribution < -0.4 is 0 Å². The molecule has 28 rings (SSSR count). The molecule has 0 saturated heterocycles. The summed E-state index contributed by atoms with van der Waals surface area (Å²) >= 11 is 0. The Kier molecular flexibility index (Phi) is 44.5. The summed E-state index contributed by atoms with van der Waals surface area (Å²) in [6.07, 6.45) is 33.7. The van der Waals surface area contributed by atoms with Gasteiger partial charge in [0.1, 0.15) is 61.2 Å². The Morgan fingerprint density at radius 2 is 0.549 bits per heavy atom. The van der Waals surface area contributed by atoms with Crippen molar-refractivity contribution in [3.63, 3.8) is 0 Å². The molecular formula is C92H85Ir7N34. The van der Waals surface area contributed by atoms with E-state index in [0.717, 1.165) is 150 Å². The zero-order valence-corrected chi connectivity index (χ0v) is 90.6. The van der Waals surface area contributed by atoms with Gasteiger partial charge in [0.2, 0.25) is 23.1 Å². The van der Waals surface area contributed by atoms with Gasteiger partial charge in [-0.15, -0.1) is 211 Å². The van der Waals surface area contributed by atoms with E-state index in [9.17, 15) is 0 Å². The minimum absolute atomic E-state index is 0. The van der Waals surface area contributed by atoms with Gasteiger partial charge in [-0.1, -0.05) is 37.7 Å². The van der Waals surface area contributed by atoms with Crippen LogP contribution in [0.5, 0.6) is 0 Å². The first-order chi connectivity index (χ1) is 55.6. The molecule has 0 aliphatic heterocycles. The Labute approximate surface area is 862 Å². The maximum atomic E-state index is 4.35. The van der Waals surface area contributed by atoms with Gasteiger partial charge in [-0.05, 0) is 56.8 Å². The first-order valence-corrected chi connectivity index (χ1v) is 34.4. The third-order valence-electron chi connectivity index (χ3n) is 19.1. The molecule has 0 bridgehead atoms. The van der Waals surface area contributed by atoms with Crippen LogP contribution in [0.3, 0.4) is 0 Å². The van der Waals surface area contributed by atoms with Crippen LogP contribution in [0.4, 0.5) is 0 Å². The third kappa shape index (κ3) is 19.9. The SMILES string of the molecule is [CH3-].[CH3-].[CH3-].[CH3-].[CH3-].[CH3-].[CH3-].[CH3-].[CH3-].[CH3-].[CH3-].[CH3-].[CH3-].[CH3-].[Ir+3].[Ir+3].[Ir+3].[Ir+3].[Ir+3].[Ir+3].[Ir+3].[c-]1cccc2c1c1nccn1c1nccn21.[c-]1cccc2c1c1nccn1c1nncn21.[c-]1cccc2c1c1ncnn1c1nccn21.[c-]1cccc2c1c1nncn1c1cccn21.[c-]1cccc2c1c1nncn1c1ccnn21.[c-]1cccc2c1c1nncn1c1cncn21.[c-]1cccc2c1c1nncn1c1nncn21. The second kappa shape index (κ2) is 49.9. The van der Waals surface area contributed by atoms with E-state index in [1.54, 1.807) is 90.4 Å². The number of aromatic nitrogens is 34. The molecule has 0 radical (unpaired) electrons. The summed E-state index contributed by atoms with van der Waals surface area (Å²) in [5, 5.41) is 63.3. The van der Waals surface area contributed by atoms with Crippen LogP contribution in [-0.2, 0) is 141 Å². The van der Waals surface area contributed by atoms with Crippen molar-refractivity contribution in [3.05, 3.63) is 411 Å². The maximum Gasteiger partial charge on any atom is 3.00 e. The van der Waals surface area contributed by atoms with Gasteiger partial charge in [0.25, 0.3) is 0 Å². The summed E-state index contributed by atoms with van der Waals surface area (Å²) in [6.45, 7) is 0. The number of benzene rings is 7. The van der Waals surface area contributed by atoms with Gasteiger partial charge in [0.15, 0.2) is 0 Å². The molecule has 0 atom stereocenters. The molecule has 0 fully saturated rings. The van der Waals surface area contributed by atoms with Crippen LogP contribution in [0.25, 0.3) is 156 Å². The number of fused-ring (bicyclic) bond motifs is 42. The first-order valence-electron chi connectivity index (χ1n) is 34.4. The third-order valence-corrected chi connectivity index (χ3v) is 19.1. The molecule has 686 valence electrons. The van der Waals surface area contributed by atoms with Crippen LogP contribution in [0.2, 0.25) is 0 Å². The van der Waals surface area contributed by atoms with Gasteiger partial charge in [0.05, 0.1) is 58.3 Å².